The Labute approximate surface area is 176 Å². The van der Waals surface area contributed by atoms with Gasteiger partial charge in [-0.25, -0.2) is 4.68 Å². The summed E-state index contributed by atoms with van der Waals surface area (Å²) < 4.78 is 1.77. The van der Waals surface area contributed by atoms with Gasteiger partial charge in [0, 0.05) is 12.2 Å². The summed E-state index contributed by atoms with van der Waals surface area (Å²) in [5.74, 6) is -0.418. The third-order valence-electron chi connectivity index (χ3n) is 5.52. The fourth-order valence-electron chi connectivity index (χ4n) is 3.85. The Morgan fingerprint density at radius 2 is 1.90 bits per heavy atom. The van der Waals surface area contributed by atoms with Gasteiger partial charge in [0.05, 0.1) is 12.2 Å². The number of benzene rings is 1. The van der Waals surface area contributed by atoms with Crippen molar-refractivity contribution >= 4 is 29.9 Å². The van der Waals surface area contributed by atoms with Crippen LogP contribution in [0.4, 0.5) is 5.69 Å². The van der Waals surface area contributed by atoms with Gasteiger partial charge in [-0.2, -0.15) is 0 Å². The zero-order chi connectivity index (χ0) is 19.5. The lowest BCUT2D eigenvalue weighted by Gasteiger charge is -2.32. The van der Waals surface area contributed by atoms with Crippen LogP contribution in [0.1, 0.15) is 47.8 Å². The van der Waals surface area contributed by atoms with Gasteiger partial charge in [-0.05, 0) is 57.8 Å². The average molecular weight is 419 g/mol. The number of carbonyl (C=O) groups is 2. The first-order chi connectivity index (χ1) is 13.6. The second-order valence-electron chi connectivity index (χ2n) is 7.56. The van der Waals surface area contributed by atoms with E-state index < -0.39 is 6.04 Å². The van der Waals surface area contributed by atoms with Crippen LogP contribution in [0.25, 0.3) is 0 Å². The van der Waals surface area contributed by atoms with Crippen LogP contribution in [0.2, 0.25) is 0 Å². The van der Waals surface area contributed by atoms with E-state index in [0.29, 0.717) is 13.0 Å². The fraction of sp³-hybridized carbons (Fsp3) is 0.500. The van der Waals surface area contributed by atoms with Crippen molar-refractivity contribution in [2.45, 2.75) is 44.7 Å². The molecule has 1 aromatic carbocycles. The number of piperidine rings is 2. The zero-order valence-corrected chi connectivity index (χ0v) is 17.3. The number of aryl methyl sites for hydroxylation is 1. The molecule has 1 aromatic heterocycles. The summed E-state index contributed by atoms with van der Waals surface area (Å²) in [6.07, 6.45) is 5.10. The SMILES string of the molecule is Cc1ccc(N2CCCC(NC(=O)c3cn(C4CCNCC4)nn3)C2=O)cc1.Cl. The Bertz CT molecular complexity index is 847. The van der Waals surface area contributed by atoms with Crippen molar-refractivity contribution in [3.63, 3.8) is 0 Å². The Balaban J connectivity index is 0.00000240. The minimum absolute atomic E-state index is 0. The molecule has 3 heterocycles. The third-order valence-corrected chi connectivity index (χ3v) is 5.52. The molecule has 2 saturated heterocycles. The number of rotatable bonds is 4. The first-order valence-corrected chi connectivity index (χ1v) is 9.93. The number of carbonyl (C=O) groups excluding carboxylic acids is 2. The fourth-order valence-corrected chi connectivity index (χ4v) is 3.85. The number of anilines is 1. The maximum atomic E-state index is 12.9. The predicted octanol–water partition coefficient (Wildman–Crippen LogP) is 1.86. The topological polar surface area (TPSA) is 92.2 Å². The van der Waals surface area contributed by atoms with E-state index in [0.717, 1.165) is 43.6 Å². The monoisotopic (exact) mass is 418 g/mol. The van der Waals surface area contributed by atoms with E-state index >= 15 is 0 Å². The number of hydrogen-bond donors (Lipinski definition) is 2. The van der Waals surface area contributed by atoms with Crippen molar-refractivity contribution < 1.29 is 9.59 Å². The summed E-state index contributed by atoms with van der Waals surface area (Å²) >= 11 is 0. The second-order valence-corrected chi connectivity index (χ2v) is 7.56. The molecule has 1 atom stereocenters. The van der Waals surface area contributed by atoms with Crippen molar-refractivity contribution in [3.05, 3.63) is 41.7 Å². The first-order valence-electron chi connectivity index (χ1n) is 9.93. The van der Waals surface area contributed by atoms with Gasteiger partial charge < -0.3 is 15.5 Å². The molecule has 0 radical (unpaired) electrons. The maximum absolute atomic E-state index is 12.9. The molecular weight excluding hydrogens is 392 g/mol. The molecule has 2 aliphatic heterocycles. The molecule has 2 N–H and O–H groups in total. The molecule has 2 fully saturated rings. The first kappa shape index (κ1) is 21.3. The molecule has 2 aromatic rings. The molecule has 29 heavy (non-hydrogen) atoms. The van der Waals surface area contributed by atoms with E-state index in [1.165, 1.54) is 0 Å². The number of amides is 2. The maximum Gasteiger partial charge on any atom is 0.274 e. The lowest BCUT2D eigenvalue weighted by atomic mass is 10.0. The zero-order valence-electron chi connectivity index (χ0n) is 16.5. The van der Waals surface area contributed by atoms with Gasteiger partial charge in [0.25, 0.3) is 5.91 Å². The number of halogens is 1. The summed E-state index contributed by atoms with van der Waals surface area (Å²) in [6.45, 7) is 4.57. The smallest absolute Gasteiger partial charge is 0.274 e. The Kier molecular flexibility index (Phi) is 6.87. The van der Waals surface area contributed by atoms with Crippen molar-refractivity contribution in [1.29, 1.82) is 0 Å². The summed E-state index contributed by atoms with van der Waals surface area (Å²) in [5, 5.41) is 14.3. The highest BCUT2D eigenvalue weighted by molar-refractivity contribution is 6.02. The molecule has 2 aliphatic rings. The lowest BCUT2D eigenvalue weighted by Crippen LogP contribution is -2.52. The number of aromatic nitrogens is 3. The van der Waals surface area contributed by atoms with Gasteiger partial charge in [-0.1, -0.05) is 22.9 Å². The molecule has 1 unspecified atom stereocenters. The molecule has 9 heteroatoms. The summed E-state index contributed by atoms with van der Waals surface area (Å²) in [7, 11) is 0. The minimum Gasteiger partial charge on any atom is -0.339 e. The highest BCUT2D eigenvalue weighted by Crippen LogP contribution is 2.22. The van der Waals surface area contributed by atoms with Crippen LogP contribution in [0.3, 0.4) is 0 Å². The summed E-state index contributed by atoms with van der Waals surface area (Å²) in [6, 6.07) is 7.60. The Morgan fingerprint density at radius 3 is 2.62 bits per heavy atom. The second kappa shape index (κ2) is 9.37. The van der Waals surface area contributed by atoms with Crippen molar-refractivity contribution in [1.82, 2.24) is 25.6 Å². The molecule has 0 aliphatic carbocycles. The number of nitrogens with one attached hydrogen (secondary N) is 2. The highest BCUT2D eigenvalue weighted by atomic mass is 35.5. The van der Waals surface area contributed by atoms with E-state index in [4.69, 9.17) is 0 Å². The standard InChI is InChI=1S/C20H26N6O2.ClH/c1-14-4-6-15(7-5-14)25-12-2-3-17(20(25)28)22-19(27)18-13-26(24-23-18)16-8-10-21-11-9-16;/h4-7,13,16-17,21H,2-3,8-12H2,1H3,(H,22,27);1H. The van der Waals surface area contributed by atoms with E-state index in [-0.39, 0.29) is 36.0 Å². The van der Waals surface area contributed by atoms with Crippen molar-refractivity contribution in [2.24, 2.45) is 0 Å². The number of nitrogens with zero attached hydrogens (tertiary/aromatic N) is 4. The van der Waals surface area contributed by atoms with Crippen LogP contribution >= 0.6 is 12.4 Å². The average Bonchev–Trinajstić information content (AvgIpc) is 3.21. The number of hydrogen-bond acceptors (Lipinski definition) is 5. The Morgan fingerprint density at radius 1 is 1.17 bits per heavy atom. The molecule has 0 spiro atoms. The van der Waals surface area contributed by atoms with Gasteiger partial charge in [0.2, 0.25) is 5.91 Å². The molecule has 8 nitrogen and oxygen atoms in total. The van der Waals surface area contributed by atoms with E-state index in [9.17, 15) is 9.59 Å². The van der Waals surface area contributed by atoms with Crippen LogP contribution in [-0.4, -0.2) is 52.5 Å². The molecule has 156 valence electrons. The lowest BCUT2D eigenvalue weighted by molar-refractivity contribution is -0.121. The molecule has 0 saturated carbocycles. The van der Waals surface area contributed by atoms with E-state index in [1.54, 1.807) is 15.8 Å². The summed E-state index contributed by atoms with van der Waals surface area (Å²) in [5.41, 5.74) is 2.28. The van der Waals surface area contributed by atoms with Gasteiger partial charge >= 0.3 is 0 Å². The quantitative estimate of drug-likeness (QED) is 0.790. The largest absolute Gasteiger partial charge is 0.339 e. The minimum atomic E-state index is -0.536. The van der Waals surface area contributed by atoms with Crippen molar-refractivity contribution in [2.75, 3.05) is 24.5 Å². The summed E-state index contributed by atoms with van der Waals surface area (Å²) in [4.78, 5) is 27.3. The van der Waals surface area contributed by atoms with Gasteiger partial charge in [0.1, 0.15) is 6.04 Å². The predicted molar refractivity (Wildman–Crippen MR) is 112 cm³/mol. The molecule has 4 rings (SSSR count). The van der Waals surface area contributed by atoms with Crippen LogP contribution in [0.15, 0.2) is 30.5 Å². The molecular formula is C20H27ClN6O2. The van der Waals surface area contributed by atoms with Crippen LogP contribution in [0.5, 0.6) is 0 Å². The normalized spacial score (nSPS) is 20.2. The highest BCUT2D eigenvalue weighted by Gasteiger charge is 2.31. The van der Waals surface area contributed by atoms with E-state index in [1.807, 2.05) is 31.2 Å². The van der Waals surface area contributed by atoms with Crippen LogP contribution in [0, 0.1) is 6.92 Å². The molecule has 0 bridgehead atoms. The van der Waals surface area contributed by atoms with Gasteiger partial charge in [0.15, 0.2) is 5.69 Å². The van der Waals surface area contributed by atoms with Gasteiger partial charge in [-0.3, -0.25) is 9.59 Å². The van der Waals surface area contributed by atoms with Crippen LogP contribution in [-0.2, 0) is 4.79 Å². The van der Waals surface area contributed by atoms with Gasteiger partial charge in [-0.15, -0.1) is 17.5 Å². The van der Waals surface area contributed by atoms with E-state index in [2.05, 4.69) is 20.9 Å². The van der Waals surface area contributed by atoms with Crippen molar-refractivity contribution in [3.8, 4) is 0 Å². The van der Waals surface area contributed by atoms with Crippen LogP contribution < -0.4 is 15.5 Å². The molecule has 2 amide bonds. The third kappa shape index (κ3) is 4.76. The Hall–Kier alpha value is -2.45.